The van der Waals surface area contributed by atoms with Crippen molar-refractivity contribution in [3.8, 4) is 0 Å². The average molecular weight is 253 g/mol. The molecule has 0 unspecified atom stereocenters. The van der Waals surface area contributed by atoms with Gasteiger partial charge in [-0.15, -0.1) is 0 Å². The molecule has 0 heterocycles. The zero-order chi connectivity index (χ0) is 13.5. The third-order valence-corrected chi connectivity index (χ3v) is 2.34. The Hall–Kier alpha value is -1.91. The summed E-state index contributed by atoms with van der Waals surface area (Å²) >= 11 is 0. The maximum absolute atomic E-state index is 13.0. The maximum atomic E-state index is 13.0. The molecule has 5 heteroatoms. The first-order valence-electron chi connectivity index (χ1n) is 5.67. The minimum Gasteiger partial charge on any atom is -0.466 e. The lowest BCUT2D eigenvalue weighted by Gasteiger charge is -2.16. The Morgan fingerprint density at radius 1 is 1.39 bits per heavy atom. The Morgan fingerprint density at radius 3 is 2.72 bits per heavy atom. The van der Waals surface area contributed by atoms with E-state index in [9.17, 15) is 14.0 Å². The first-order chi connectivity index (χ1) is 8.52. The van der Waals surface area contributed by atoms with E-state index in [0.29, 0.717) is 5.56 Å². The molecule has 1 aromatic carbocycles. The summed E-state index contributed by atoms with van der Waals surface area (Å²) in [6, 6.07) is 5.99. The number of carbonyl (C=O) groups is 2. The molecule has 1 aromatic rings. The SMILES string of the molecule is CCOC(=O)CC(=O)N(C)Cc1cccc(F)c1. The van der Waals surface area contributed by atoms with Crippen molar-refractivity contribution < 1.29 is 18.7 Å². The van der Waals surface area contributed by atoms with Crippen molar-refractivity contribution in [1.82, 2.24) is 4.90 Å². The number of benzene rings is 1. The van der Waals surface area contributed by atoms with Crippen LogP contribution in [0.4, 0.5) is 4.39 Å². The summed E-state index contributed by atoms with van der Waals surface area (Å²) in [5, 5.41) is 0. The van der Waals surface area contributed by atoms with Crippen molar-refractivity contribution in [3.05, 3.63) is 35.6 Å². The molecular formula is C13H16FNO3. The first-order valence-corrected chi connectivity index (χ1v) is 5.67. The topological polar surface area (TPSA) is 46.6 Å². The van der Waals surface area contributed by atoms with E-state index in [1.54, 1.807) is 26.1 Å². The van der Waals surface area contributed by atoms with Crippen molar-refractivity contribution in [2.24, 2.45) is 0 Å². The summed E-state index contributed by atoms with van der Waals surface area (Å²) in [6.07, 6.45) is -0.292. The van der Waals surface area contributed by atoms with Crippen molar-refractivity contribution in [3.63, 3.8) is 0 Å². The van der Waals surface area contributed by atoms with Gasteiger partial charge in [0.25, 0.3) is 0 Å². The van der Waals surface area contributed by atoms with Gasteiger partial charge >= 0.3 is 5.97 Å². The van der Waals surface area contributed by atoms with Gasteiger partial charge in [-0.25, -0.2) is 4.39 Å². The molecule has 0 aliphatic carbocycles. The van der Waals surface area contributed by atoms with Crippen LogP contribution in [0.1, 0.15) is 18.9 Å². The Balaban J connectivity index is 2.52. The molecule has 0 saturated heterocycles. The molecule has 98 valence electrons. The largest absolute Gasteiger partial charge is 0.466 e. The summed E-state index contributed by atoms with van der Waals surface area (Å²) < 4.78 is 17.6. The molecule has 18 heavy (non-hydrogen) atoms. The van der Waals surface area contributed by atoms with E-state index in [1.807, 2.05) is 0 Å². The molecule has 0 bridgehead atoms. The minimum atomic E-state index is -0.548. The van der Waals surface area contributed by atoms with Crippen LogP contribution in [-0.2, 0) is 20.9 Å². The van der Waals surface area contributed by atoms with Crippen molar-refractivity contribution in [2.45, 2.75) is 19.9 Å². The van der Waals surface area contributed by atoms with Crippen LogP contribution in [0.25, 0.3) is 0 Å². The highest BCUT2D eigenvalue weighted by Crippen LogP contribution is 2.07. The summed E-state index contributed by atoms with van der Waals surface area (Å²) in [4.78, 5) is 24.2. The Kier molecular flexibility index (Phi) is 5.30. The van der Waals surface area contributed by atoms with E-state index in [2.05, 4.69) is 4.74 Å². The van der Waals surface area contributed by atoms with E-state index in [4.69, 9.17) is 0 Å². The molecule has 1 rings (SSSR count). The van der Waals surface area contributed by atoms with Crippen LogP contribution in [0.5, 0.6) is 0 Å². The predicted molar refractivity (Wildman–Crippen MR) is 64.1 cm³/mol. The standard InChI is InChI=1S/C13H16FNO3/c1-3-18-13(17)8-12(16)15(2)9-10-5-4-6-11(14)7-10/h4-7H,3,8-9H2,1-2H3. The maximum Gasteiger partial charge on any atom is 0.315 e. The fourth-order valence-electron chi connectivity index (χ4n) is 1.47. The molecule has 4 nitrogen and oxygen atoms in total. The van der Waals surface area contributed by atoms with Crippen LogP contribution in [0.2, 0.25) is 0 Å². The molecule has 0 aliphatic rings. The molecule has 0 spiro atoms. The minimum absolute atomic E-state index is 0.250. The highest BCUT2D eigenvalue weighted by molar-refractivity contribution is 5.94. The monoisotopic (exact) mass is 253 g/mol. The molecular weight excluding hydrogens is 237 g/mol. The normalized spacial score (nSPS) is 9.94. The van der Waals surface area contributed by atoms with Gasteiger partial charge < -0.3 is 9.64 Å². The fourth-order valence-corrected chi connectivity index (χ4v) is 1.47. The lowest BCUT2D eigenvalue weighted by Crippen LogP contribution is -2.28. The van der Waals surface area contributed by atoms with Crippen molar-refractivity contribution >= 4 is 11.9 Å². The molecule has 0 aromatic heterocycles. The average Bonchev–Trinajstić information content (AvgIpc) is 2.29. The molecule has 0 fully saturated rings. The van der Waals surface area contributed by atoms with Gasteiger partial charge in [-0.05, 0) is 24.6 Å². The quantitative estimate of drug-likeness (QED) is 0.593. The van der Waals surface area contributed by atoms with Crippen LogP contribution in [0, 0.1) is 5.82 Å². The van der Waals surface area contributed by atoms with Gasteiger partial charge in [0.1, 0.15) is 12.2 Å². The van der Waals surface area contributed by atoms with E-state index in [1.165, 1.54) is 17.0 Å². The second-order valence-electron chi connectivity index (χ2n) is 3.86. The predicted octanol–water partition coefficient (Wildman–Crippen LogP) is 1.74. The molecule has 0 aliphatic heterocycles. The fraction of sp³-hybridized carbons (Fsp3) is 0.385. The number of amides is 1. The first kappa shape index (κ1) is 14.2. The number of nitrogens with zero attached hydrogens (tertiary/aromatic N) is 1. The van der Waals surface area contributed by atoms with E-state index >= 15 is 0 Å². The van der Waals surface area contributed by atoms with E-state index in [-0.39, 0.29) is 31.3 Å². The van der Waals surface area contributed by atoms with Crippen LogP contribution < -0.4 is 0 Å². The van der Waals surface area contributed by atoms with Gasteiger partial charge in [0, 0.05) is 13.6 Å². The number of hydrogen-bond donors (Lipinski definition) is 0. The molecule has 0 saturated carbocycles. The number of hydrogen-bond acceptors (Lipinski definition) is 3. The molecule has 0 radical (unpaired) electrons. The lowest BCUT2D eigenvalue weighted by molar-refractivity contribution is -0.148. The van der Waals surface area contributed by atoms with Crippen molar-refractivity contribution in [2.75, 3.05) is 13.7 Å². The number of carbonyl (C=O) groups excluding carboxylic acids is 2. The van der Waals surface area contributed by atoms with Gasteiger partial charge in [-0.1, -0.05) is 12.1 Å². The number of rotatable bonds is 5. The van der Waals surface area contributed by atoms with E-state index < -0.39 is 5.97 Å². The Labute approximate surface area is 105 Å². The van der Waals surface area contributed by atoms with Crippen molar-refractivity contribution in [1.29, 1.82) is 0 Å². The van der Waals surface area contributed by atoms with Crippen LogP contribution in [0.15, 0.2) is 24.3 Å². The summed E-state index contributed by atoms with van der Waals surface area (Å²) in [7, 11) is 1.56. The highest BCUT2D eigenvalue weighted by atomic mass is 19.1. The van der Waals surface area contributed by atoms with Crippen LogP contribution >= 0.6 is 0 Å². The summed E-state index contributed by atoms with van der Waals surface area (Å²) in [5.41, 5.74) is 0.676. The number of esters is 1. The number of halogens is 1. The second kappa shape index (κ2) is 6.74. The van der Waals surface area contributed by atoms with Crippen LogP contribution in [-0.4, -0.2) is 30.4 Å². The zero-order valence-corrected chi connectivity index (χ0v) is 10.5. The van der Waals surface area contributed by atoms with Crippen LogP contribution in [0.3, 0.4) is 0 Å². The summed E-state index contributed by atoms with van der Waals surface area (Å²) in [6.45, 7) is 2.19. The molecule has 0 atom stereocenters. The third kappa shape index (κ3) is 4.53. The Morgan fingerprint density at radius 2 is 2.11 bits per heavy atom. The lowest BCUT2D eigenvalue weighted by atomic mass is 10.2. The second-order valence-corrected chi connectivity index (χ2v) is 3.86. The molecule has 1 amide bonds. The number of ether oxygens (including phenoxy) is 1. The summed E-state index contributed by atoms with van der Waals surface area (Å²) in [5.74, 6) is -1.25. The van der Waals surface area contributed by atoms with Gasteiger partial charge in [0.15, 0.2) is 0 Å². The van der Waals surface area contributed by atoms with Gasteiger partial charge in [0.2, 0.25) is 5.91 Å². The zero-order valence-electron chi connectivity index (χ0n) is 10.5. The van der Waals surface area contributed by atoms with Gasteiger partial charge in [-0.2, -0.15) is 0 Å². The Bertz CT molecular complexity index is 434. The van der Waals surface area contributed by atoms with Gasteiger partial charge in [0.05, 0.1) is 6.61 Å². The smallest absolute Gasteiger partial charge is 0.315 e. The highest BCUT2D eigenvalue weighted by Gasteiger charge is 2.14. The third-order valence-electron chi connectivity index (χ3n) is 2.34. The van der Waals surface area contributed by atoms with E-state index in [0.717, 1.165) is 0 Å². The molecule has 0 N–H and O–H groups in total. The van der Waals surface area contributed by atoms with Gasteiger partial charge in [-0.3, -0.25) is 9.59 Å².